The van der Waals surface area contributed by atoms with Gasteiger partial charge >= 0.3 is 5.97 Å². The number of anilines is 2. The third-order valence-electron chi connectivity index (χ3n) is 2.58. The third-order valence-corrected chi connectivity index (χ3v) is 2.79. The third kappa shape index (κ3) is 4.10. The van der Waals surface area contributed by atoms with Gasteiger partial charge in [0.15, 0.2) is 0 Å². The molecule has 0 fully saturated rings. The van der Waals surface area contributed by atoms with Crippen LogP contribution in [0.15, 0.2) is 36.4 Å². The molecule has 0 saturated carbocycles. The number of carboxylic acid groups (broad SMARTS) is 1. The van der Waals surface area contributed by atoms with E-state index >= 15 is 0 Å². The van der Waals surface area contributed by atoms with E-state index in [1.807, 2.05) is 13.8 Å². The molecule has 1 aromatic carbocycles. The van der Waals surface area contributed by atoms with Crippen molar-refractivity contribution in [3.05, 3.63) is 47.1 Å². The first-order valence-electron chi connectivity index (χ1n) is 6.39. The van der Waals surface area contributed by atoms with Gasteiger partial charge in [-0.3, -0.25) is 0 Å². The van der Waals surface area contributed by atoms with E-state index in [0.717, 1.165) is 5.75 Å². The first-order valence-corrected chi connectivity index (χ1v) is 6.77. The molecule has 0 aliphatic rings. The van der Waals surface area contributed by atoms with Gasteiger partial charge in [0, 0.05) is 5.69 Å². The van der Waals surface area contributed by atoms with E-state index in [0.29, 0.717) is 5.69 Å². The minimum absolute atomic E-state index is 0.0573. The Bertz CT molecular complexity index is 642. The van der Waals surface area contributed by atoms with Gasteiger partial charge in [-0.15, -0.1) is 0 Å². The maximum absolute atomic E-state index is 11.2. The van der Waals surface area contributed by atoms with Crippen LogP contribution in [0.1, 0.15) is 24.2 Å². The summed E-state index contributed by atoms with van der Waals surface area (Å²) in [5.74, 6) is -0.123. The summed E-state index contributed by atoms with van der Waals surface area (Å²) in [6, 6.07) is 10.0. The quantitative estimate of drug-likeness (QED) is 0.818. The van der Waals surface area contributed by atoms with Crippen molar-refractivity contribution in [3.63, 3.8) is 0 Å². The second-order valence-corrected chi connectivity index (χ2v) is 5.04. The average Bonchev–Trinajstić information content (AvgIpc) is 2.40. The van der Waals surface area contributed by atoms with E-state index in [9.17, 15) is 4.79 Å². The highest BCUT2D eigenvalue weighted by atomic mass is 35.5. The monoisotopic (exact) mass is 306 g/mol. The lowest BCUT2D eigenvalue weighted by molar-refractivity contribution is 0.0697. The van der Waals surface area contributed by atoms with Crippen molar-refractivity contribution in [2.45, 2.75) is 20.0 Å². The summed E-state index contributed by atoms with van der Waals surface area (Å²) in [7, 11) is 0. The molecular formula is C15H15ClN2O3. The number of pyridine rings is 1. The van der Waals surface area contributed by atoms with Crippen molar-refractivity contribution in [1.82, 2.24) is 4.98 Å². The maximum atomic E-state index is 11.2. The zero-order valence-electron chi connectivity index (χ0n) is 11.6. The standard InChI is InChI=1S/C15H15ClN2O3/c1-9(2)21-11-5-3-10(4-6-11)17-14-12(15(19)20)7-8-13(16)18-14/h3-9H,1-2H3,(H,17,18)(H,19,20). The minimum Gasteiger partial charge on any atom is -0.491 e. The molecule has 0 aliphatic carbocycles. The Balaban J connectivity index is 2.22. The molecule has 110 valence electrons. The second kappa shape index (κ2) is 6.45. The molecule has 0 radical (unpaired) electrons. The number of ether oxygens (including phenoxy) is 1. The van der Waals surface area contributed by atoms with Crippen LogP contribution >= 0.6 is 11.6 Å². The molecule has 0 atom stereocenters. The summed E-state index contributed by atoms with van der Waals surface area (Å²) >= 11 is 5.81. The predicted octanol–water partition coefficient (Wildman–Crippen LogP) is 3.96. The van der Waals surface area contributed by atoms with E-state index in [1.54, 1.807) is 24.3 Å². The highest BCUT2D eigenvalue weighted by molar-refractivity contribution is 6.29. The molecule has 0 amide bonds. The van der Waals surface area contributed by atoms with Crippen molar-refractivity contribution in [2.75, 3.05) is 5.32 Å². The summed E-state index contributed by atoms with van der Waals surface area (Å²) in [4.78, 5) is 15.2. The summed E-state index contributed by atoms with van der Waals surface area (Å²) in [5.41, 5.74) is 0.755. The first kappa shape index (κ1) is 15.1. The molecule has 0 spiro atoms. The summed E-state index contributed by atoms with van der Waals surface area (Å²) in [6.07, 6.45) is 0.0945. The number of halogens is 1. The molecule has 2 N–H and O–H groups in total. The number of benzene rings is 1. The highest BCUT2D eigenvalue weighted by Crippen LogP contribution is 2.23. The predicted molar refractivity (Wildman–Crippen MR) is 81.7 cm³/mol. The van der Waals surface area contributed by atoms with Crippen molar-refractivity contribution in [3.8, 4) is 5.75 Å². The molecule has 6 heteroatoms. The van der Waals surface area contributed by atoms with Gasteiger partial charge in [-0.05, 0) is 50.2 Å². The number of carboxylic acids is 1. The Morgan fingerprint density at radius 3 is 2.48 bits per heavy atom. The van der Waals surface area contributed by atoms with Gasteiger partial charge in [0.25, 0.3) is 0 Å². The van der Waals surface area contributed by atoms with Crippen LogP contribution in [0.4, 0.5) is 11.5 Å². The molecule has 0 unspecified atom stereocenters. The minimum atomic E-state index is -1.07. The number of hydrogen-bond acceptors (Lipinski definition) is 4. The van der Waals surface area contributed by atoms with Gasteiger partial charge in [0.05, 0.1) is 6.10 Å². The van der Waals surface area contributed by atoms with Crippen molar-refractivity contribution in [1.29, 1.82) is 0 Å². The Labute approximate surface area is 127 Å². The van der Waals surface area contributed by atoms with Gasteiger partial charge < -0.3 is 15.2 Å². The zero-order valence-corrected chi connectivity index (χ0v) is 12.4. The zero-order chi connectivity index (χ0) is 15.4. The number of nitrogens with one attached hydrogen (secondary N) is 1. The van der Waals surface area contributed by atoms with E-state index in [2.05, 4.69) is 10.3 Å². The van der Waals surface area contributed by atoms with Gasteiger partial charge in [-0.1, -0.05) is 11.6 Å². The van der Waals surface area contributed by atoms with Crippen LogP contribution in [0.2, 0.25) is 5.15 Å². The molecular weight excluding hydrogens is 292 g/mol. The summed E-state index contributed by atoms with van der Waals surface area (Å²) < 4.78 is 5.54. The lowest BCUT2D eigenvalue weighted by Crippen LogP contribution is -2.06. The van der Waals surface area contributed by atoms with Crippen LogP contribution in [-0.2, 0) is 0 Å². The van der Waals surface area contributed by atoms with Crippen LogP contribution < -0.4 is 10.1 Å². The summed E-state index contributed by atoms with van der Waals surface area (Å²) in [6.45, 7) is 3.89. The molecule has 0 bridgehead atoms. The lowest BCUT2D eigenvalue weighted by atomic mass is 10.2. The van der Waals surface area contributed by atoms with Crippen molar-refractivity contribution >= 4 is 29.1 Å². The van der Waals surface area contributed by atoms with E-state index in [-0.39, 0.29) is 22.6 Å². The van der Waals surface area contributed by atoms with Crippen molar-refractivity contribution in [2.24, 2.45) is 0 Å². The fraction of sp³-hybridized carbons (Fsp3) is 0.200. The SMILES string of the molecule is CC(C)Oc1ccc(Nc2nc(Cl)ccc2C(=O)O)cc1. The highest BCUT2D eigenvalue weighted by Gasteiger charge is 2.12. The average molecular weight is 307 g/mol. The molecule has 2 aromatic rings. The van der Waals surface area contributed by atoms with Crippen LogP contribution in [0.5, 0.6) is 5.75 Å². The summed E-state index contributed by atoms with van der Waals surface area (Å²) in [5, 5.41) is 12.3. The molecule has 5 nitrogen and oxygen atoms in total. The smallest absolute Gasteiger partial charge is 0.339 e. The number of nitrogens with zero attached hydrogens (tertiary/aromatic N) is 1. The number of aromatic nitrogens is 1. The molecule has 1 aromatic heterocycles. The Kier molecular flexibility index (Phi) is 4.65. The number of aromatic carboxylic acids is 1. The van der Waals surface area contributed by atoms with Gasteiger partial charge in [0.1, 0.15) is 22.3 Å². The lowest BCUT2D eigenvalue weighted by Gasteiger charge is -2.12. The van der Waals surface area contributed by atoms with E-state index in [4.69, 9.17) is 21.4 Å². The van der Waals surface area contributed by atoms with Crippen LogP contribution in [-0.4, -0.2) is 22.2 Å². The molecule has 2 rings (SSSR count). The molecule has 0 aliphatic heterocycles. The first-order chi connectivity index (χ1) is 9.95. The number of rotatable bonds is 5. The fourth-order valence-electron chi connectivity index (χ4n) is 1.73. The number of carbonyl (C=O) groups is 1. The van der Waals surface area contributed by atoms with Crippen LogP contribution in [0, 0.1) is 0 Å². The largest absolute Gasteiger partial charge is 0.491 e. The molecule has 1 heterocycles. The Morgan fingerprint density at radius 1 is 1.24 bits per heavy atom. The van der Waals surface area contributed by atoms with E-state index < -0.39 is 5.97 Å². The number of hydrogen-bond donors (Lipinski definition) is 2. The van der Waals surface area contributed by atoms with Gasteiger partial charge in [-0.25, -0.2) is 9.78 Å². The second-order valence-electron chi connectivity index (χ2n) is 4.65. The topological polar surface area (TPSA) is 71.5 Å². The van der Waals surface area contributed by atoms with Gasteiger partial charge in [0.2, 0.25) is 0 Å². The molecule has 0 saturated heterocycles. The van der Waals surface area contributed by atoms with E-state index in [1.165, 1.54) is 12.1 Å². The fourth-order valence-corrected chi connectivity index (χ4v) is 1.88. The Hall–Kier alpha value is -2.27. The van der Waals surface area contributed by atoms with Crippen molar-refractivity contribution < 1.29 is 14.6 Å². The van der Waals surface area contributed by atoms with Gasteiger partial charge in [-0.2, -0.15) is 0 Å². The van der Waals surface area contributed by atoms with Crippen LogP contribution in [0.3, 0.4) is 0 Å². The molecule has 21 heavy (non-hydrogen) atoms. The Morgan fingerprint density at radius 2 is 1.90 bits per heavy atom. The maximum Gasteiger partial charge on any atom is 0.339 e. The van der Waals surface area contributed by atoms with Crippen LogP contribution in [0.25, 0.3) is 0 Å². The normalized spacial score (nSPS) is 10.5.